The minimum absolute atomic E-state index is 0.0479. The molecule has 0 saturated heterocycles. The molecule has 0 aliphatic carbocycles. The van der Waals surface area contributed by atoms with Gasteiger partial charge < -0.3 is 5.73 Å². The molecule has 1 aromatic carbocycles. The maximum atomic E-state index is 12.2. The van der Waals surface area contributed by atoms with Crippen LogP contribution in [0.1, 0.15) is 5.56 Å². The van der Waals surface area contributed by atoms with Crippen molar-refractivity contribution in [2.24, 2.45) is 5.73 Å². The molecule has 0 amide bonds. The maximum Gasteiger partial charge on any atom is 0.263 e. The molecule has 0 fully saturated rings. The summed E-state index contributed by atoms with van der Waals surface area (Å²) in [5.74, 6) is 0. The van der Waals surface area contributed by atoms with Gasteiger partial charge in [0.15, 0.2) is 0 Å². The van der Waals surface area contributed by atoms with E-state index in [0.717, 1.165) is 0 Å². The molecule has 0 atom stereocenters. The van der Waals surface area contributed by atoms with Crippen LogP contribution in [0.3, 0.4) is 0 Å². The van der Waals surface area contributed by atoms with E-state index in [9.17, 15) is 8.42 Å². The minimum Gasteiger partial charge on any atom is -0.389 e. The van der Waals surface area contributed by atoms with Crippen molar-refractivity contribution in [3.05, 3.63) is 53.3 Å². The number of sulfonamides is 1. The van der Waals surface area contributed by atoms with Crippen molar-refractivity contribution >= 4 is 44.5 Å². The van der Waals surface area contributed by atoms with Gasteiger partial charge in [0.05, 0.1) is 16.9 Å². The van der Waals surface area contributed by atoms with Gasteiger partial charge in [-0.1, -0.05) is 29.9 Å². The topological polar surface area (TPSA) is 85.1 Å². The Hall–Kier alpha value is -1.70. The summed E-state index contributed by atoms with van der Waals surface area (Å²) in [6.45, 7) is 0. The first-order valence-electron chi connectivity index (χ1n) is 5.42. The Kier molecular flexibility index (Phi) is 4.22. The molecule has 2 aromatic rings. The first-order valence-corrected chi connectivity index (χ1v) is 7.69. The predicted octanol–water partition coefficient (Wildman–Crippen LogP) is 2.17. The number of hydrogen-bond acceptors (Lipinski definition) is 4. The number of pyridine rings is 1. The van der Waals surface area contributed by atoms with E-state index in [1.165, 1.54) is 24.4 Å². The van der Waals surface area contributed by atoms with Crippen molar-refractivity contribution in [2.45, 2.75) is 4.90 Å². The molecule has 3 N–H and O–H groups in total. The number of hydrogen-bond donors (Lipinski definition) is 2. The lowest BCUT2D eigenvalue weighted by molar-refractivity contribution is 0.601. The number of anilines is 1. The second-order valence-electron chi connectivity index (χ2n) is 3.86. The Labute approximate surface area is 126 Å². The van der Waals surface area contributed by atoms with Crippen molar-refractivity contribution in [1.82, 2.24) is 4.98 Å². The molecule has 2 rings (SSSR count). The highest BCUT2D eigenvalue weighted by molar-refractivity contribution is 7.92. The van der Waals surface area contributed by atoms with Gasteiger partial charge in [0.2, 0.25) is 0 Å². The van der Waals surface area contributed by atoms with E-state index >= 15 is 0 Å². The summed E-state index contributed by atoms with van der Waals surface area (Å²) in [4.78, 5) is 3.93. The summed E-state index contributed by atoms with van der Waals surface area (Å²) in [5.41, 5.74) is 6.32. The fraction of sp³-hybridized carbons (Fsp3) is 0. The Balaban J connectivity index is 2.37. The number of rotatable bonds is 4. The van der Waals surface area contributed by atoms with Gasteiger partial charge in [0, 0.05) is 11.8 Å². The molecule has 5 nitrogen and oxygen atoms in total. The summed E-state index contributed by atoms with van der Waals surface area (Å²) in [6.07, 6.45) is 2.94. The van der Waals surface area contributed by atoms with Gasteiger partial charge in [0.1, 0.15) is 9.88 Å². The van der Waals surface area contributed by atoms with Crippen LogP contribution in [0.5, 0.6) is 0 Å². The molecule has 0 unspecified atom stereocenters. The SMILES string of the molecule is NC(=S)c1ccc(S(=O)(=O)Nc2cccnc2)c(Cl)c1. The normalized spacial score (nSPS) is 11.1. The summed E-state index contributed by atoms with van der Waals surface area (Å²) >= 11 is 10.8. The van der Waals surface area contributed by atoms with Gasteiger partial charge in [-0.25, -0.2) is 8.42 Å². The second kappa shape index (κ2) is 5.74. The minimum atomic E-state index is -3.79. The van der Waals surface area contributed by atoms with Crippen LogP contribution in [-0.4, -0.2) is 18.4 Å². The van der Waals surface area contributed by atoms with Crippen LogP contribution in [0, 0.1) is 0 Å². The third kappa shape index (κ3) is 3.24. The monoisotopic (exact) mass is 327 g/mol. The number of nitrogens with two attached hydrogens (primary N) is 1. The van der Waals surface area contributed by atoms with Crippen LogP contribution in [0.4, 0.5) is 5.69 Å². The molecule has 20 heavy (non-hydrogen) atoms. The molecule has 0 radical (unpaired) electrons. The number of aromatic nitrogens is 1. The fourth-order valence-corrected chi connectivity index (χ4v) is 3.22. The Bertz CT molecular complexity index is 749. The average Bonchev–Trinajstić information content (AvgIpc) is 2.38. The predicted molar refractivity (Wildman–Crippen MR) is 82.4 cm³/mol. The second-order valence-corrected chi connectivity index (χ2v) is 6.35. The standard InChI is InChI=1S/C12H10ClN3O2S2/c13-10-6-8(12(14)19)3-4-11(10)20(17,18)16-9-2-1-5-15-7-9/h1-7,16H,(H2,14,19). The van der Waals surface area contributed by atoms with Gasteiger partial charge in [-0.3, -0.25) is 9.71 Å². The van der Waals surface area contributed by atoms with Crippen molar-refractivity contribution < 1.29 is 8.42 Å². The molecule has 8 heteroatoms. The summed E-state index contributed by atoms with van der Waals surface area (Å²) in [6, 6.07) is 7.49. The lowest BCUT2D eigenvalue weighted by atomic mass is 10.2. The maximum absolute atomic E-state index is 12.2. The molecule has 0 spiro atoms. The first-order chi connectivity index (χ1) is 9.40. The van der Waals surface area contributed by atoms with Crippen LogP contribution >= 0.6 is 23.8 Å². The van der Waals surface area contributed by atoms with Gasteiger partial charge in [-0.15, -0.1) is 0 Å². The molecule has 0 saturated carbocycles. The summed E-state index contributed by atoms with van der Waals surface area (Å²) in [5, 5.41) is 0.0479. The zero-order valence-corrected chi connectivity index (χ0v) is 12.5. The van der Waals surface area contributed by atoms with Gasteiger partial charge in [-0.05, 0) is 24.3 Å². The summed E-state index contributed by atoms with van der Waals surface area (Å²) < 4.78 is 26.8. The van der Waals surface area contributed by atoms with Crippen LogP contribution in [0.25, 0.3) is 0 Å². The molecule has 0 aliphatic rings. The van der Waals surface area contributed by atoms with Crippen LogP contribution in [0.15, 0.2) is 47.6 Å². The first kappa shape index (κ1) is 14.7. The van der Waals surface area contributed by atoms with E-state index in [2.05, 4.69) is 9.71 Å². The average molecular weight is 328 g/mol. The van der Waals surface area contributed by atoms with E-state index in [-0.39, 0.29) is 14.9 Å². The van der Waals surface area contributed by atoms with Gasteiger partial charge in [-0.2, -0.15) is 0 Å². The number of nitrogens with zero attached hydrogens (tertiary/aromatic N) is 1. The molecule has 1 aromatic heterocycles. The lowest BCUT2D eigenvalue weighted by Crippen LogP contribution is -2.15. The third-order valence-electron chi connectivity index (χ3n) is 2.42. The highest BCUT2D eigenvalue weighted by Gasteiger charge is 2.18. The molecular formula is C12H10ClN3O2S2. The van der Waals surface area contributed by atoms with E-state index in [1.54, 1.807) is 18.3 Å². The largest absolute Gasteiger partial charge is 0.389 e. The number of halogens is 1. The van der Waals surface area contributed by atoms with Crippen LogP contribution in [-0.2, 0) is 10.0 Å². The Morgan fingerprint density at radius 1 is 1.35 bits per heavy atom. The Morgan fingerprint density at radius 3 is 2.65 bits per heavy atom. The third-order valence-corrected chi connectivity index (χ3v) is 4.52. The van der Waals surface area contributed by atoms with Gasteiger partial charge >= 0.3 is 0 Å². The molecule has 1 heterocycles. The zero-order valence-electron chi connectivity index (χ0n) is 10.1. The van der Waals surface area contributed by atoms with E-state index < -0.39 is 10.0 Å². The van der Waals surface area contributed by atoms with Crippen molar-refractivity contribution in [3.63, 3.8) is 0 Å². The molecule has 0 aliphatic heterocycles. The quantitative estimate of drug-likeness (QED) is 0.841. The van der Waals surface area contributed by atoms with E-state index in [0.29, 0.717) is 11.3 Å². The highest BCUT2D eigenvalue weighted by Crippen LogP contribution is 2.24. The van der Waals surface area contributed by atoms with E-state index in [4.69, 9.17) is 29.6 Å². The molecule has 104 valence electrons. The molecule has 0 bridgehead atoms. The van der Waals surface area contributed by atoms with Gasteiger partial charge in [0.25, 0.3) is 10.0 Å². The highest BCUT2D eigenvalue weighted by atomic mass is 35.5. The van der Waals surface area contributed by atoms with Crippen molar-refractivity contribution in [2.75, 3.05) is 4.72 Å². The van der Waals surface area contributed by atoms with Crippen LogP contribution < -0.4 is 10.5 Å². The number of thiocarbonyl (C=S) groups is 1. The zero-order chi connectivity index (χ0) is 14.8. The number of benzene rings is 1. The van der Waals surface area contributed by atoms with Crippen molar-refractivity contribution in [3.8, 4) is 0 Å². The smallest absolute Gasteiger partial charge is 0.263 e. The number of nitrogens with one attached hydrogen (secondary N) is 1. The lowest BCUT2D eigenvalue weighted by Gasteiger charge is -2.10. The molecular weight excluding hydrogens is 318 g/mol. The Morgan fingerprint density at radius 2 is 2.10 bits per heavy atom. The fourth-order valence-electron chi connectivity index (χ4n) is 1.51. The van der Waals surface area contributed by atoms with Crippen LogP contribution in [0.2, 0.25) is 5.02 Å². The summed E-state index contributed by atoms with van der Waals surface area (Å²) in [7, 11) is -3.79. The van der Waals surface area contributed by atoms with Crippen molar-refractivity contribution in [1.29, 1.82) is 0 Å². The van der Waals surface area contributed by atoms with E-state index in [1.807, 2.05) is 0 Å².